The van der Waals surface area contributed by atoms with E-state index in [-0.39, 0.29) is 11.6 Å². The van der Waals surface area contributed by atoms with Gasteiger partial charge in [0, 0.05) is 10.7 Å². The Hall–Kier alpha value is -2.41. The van der Waals surface area contributed by atoms with Crippen LogP contribution in [-0.4, -0.2) is 27.3 Å². The van der Waals surface area contributed by atoms with E-state index in [1.165, 1.54) is 7.11 Å². The first-order valence-electron chi connectivity index (χ1n) is 6.01. The molecule has 0 aliphatic carbocycles. The van der Waals surface area contributed by atoms with E-state index in [0.29, 0.717) is 22.8 Å². The molecular formula is C14H10BrN3O3. The lowest BCUT2D eigenvalue weighted by Crippen LogP contribution is -1.87. The number of para-hydroxylation sites is 1. The van der Waals surface area contributed by atoms with Gasteiger partial charge in [0.05, 0.1) is 12.7 Å². The van der Waals surface area contributed by atoms with Crippen molar-refractivity contribution in [2.75, 3.05) is 7.11 Å². The Kier molecular flexibility index (Phi) is 3.57. The molecule has 0 radical (unpaired) electrons. The van der Waals surface area contributed by atoms with Crippen LogP contribution in [0.1, 0.15) is 0 Å². The molecule has 1 N–H and O–H groups in total. The average molecular weight is 348 g/mol. The number of halogens is 1. The SMILES string of the molecule is COc1cccc(-c2nc(-c3ccc(Br)cn3)no2)c1O. The number of benzene rings is 1. The minimum absolute atomic E-state index is 0.0426. The topological polar surface area (TPSA) is 81.3 Å². The monoisotopic (exact) mass is 347 g/mol. The first kappa shape index (κ1) is 13.6. The van der Waals surface area contributed by atoms with Crippen LogP contribution in [0.3, 0.4) is 0 Å². The van der Waals surface area contributed by atoms with Gasteiger partial charge in [0.15, 0.2) is 11.5 Å². The molecule has 0 fully saturated rings. The Morgan fingerprint density at radius 1 is 1.24 bits per heavy atom. The maximum atomic E-state index is 10.1. The molecule has 6 nitrogen and oxygen atoms in total. The highest BCUT2D eigenvalue weighted by atomic mass is 79.9. The lowest BCUT2D eigenvalue weighted by molar-refractivity contribution is 0.371. The summed E-state index contributed by atoms with van der Waals surface area (Å²) in [5.74, 6) is 0.846. The van der Waals surface area contributed by atoms with Gasteiger partial charge in [-0.2, -0.15) is 4.98 Å². The average Bonchev–Trinajstić information content (AvgIpc) is 2.98. The molecule has 0 amide bonds. The molecule has 0 aliphatic heterocycles. The maximum Gasteiger partial charge on any atom is 0.262 e. The van der Waals surface area contributed by atoms with Gasteiger partial charge in [-0.05, 0) is 40.2 Å². The number of ether oxygens (including phenoxy) is 1. The van der Waals surface area contributed by atoms with Crippen molar-refractivity contribution < 1.29 is 14.4 Å². The van der Waals surface area contributed by atoms with Crippen LogP contribution in [0.15, 0.2) is 45.5 Å². The van der Waals surface area contributed by atoms with Gasteiger partial charge in [0.1, 0.15) is 5.69 Å². The minimum atomic E-state index is -0.0426. The van der Waals surface area contributed by atoms with Gasteiger partial charge in [-0.25, -0.2) is 0 Å². The summed E-state index contributed by atoms with van der Waals surface area (Å²) in [7, 11) is 1.48. The number of aromatic hydroxyl groups is 1. The summed E-state index contributed by atoms with van der Waals surface area (Å²) in [4.78, 5) is 8.44. The van der Waals surface area contributed by atoms with E-state index in [9.17, 15) is 5.11 Å². The molecule has 1 aromatic carbocycles. The number of hydrogen-bond donors (Lipinski definition) is 1. The quantitative estimate of drug-likeness (QED) is 0.782. The molecule has 2 aromatic heterocycles. The van der Waals surface area contributed by atoms with E-state index in [0.717, 1.165) is 4.47 Å². The molecule has 0 bridgehead atoms. The van der Waals surface area contributed by atoms with Crippen molar-refractivity contribution in [1.82, 2.24) is 15.1 Å². The Morgan fingerprint density at radius 3 is 2.81 bits per heavy atom. The summed E-state index contributed by atoms with van der Waals surface area (Å²) >= 11 is 3.31. The van der Waals surface area contributed by atoms with Crippen molar-refractivity contribution >= 4 is 15.9 Å². The zero-order chi connectivity index (χ0) is 14.8. The van der Waals surface area contributed by atoms with Crippen molar-refractivity contribution in [3.05, 3.63) is 41.0 Å². The Bertz CT molecular complexity index is 771. The zero-order valence-electron chi connectivity index (χ0n) is 10.9. The number of phenols is 1. The molecule has 7 heteroatoms. The number of aromatic nitrogens is 3. The number of phenolic OH excluding ortho intramolecular Hbond substituents is 1. The van der Waals surface area contributed by atoms with Crippen LogP contribution >= 0.6 is 15.9 Å². The van der Waals surface area contributed by atoms with E-state index in [1.54, 1.807) is 30.5 Å². The van der Waals surface area contributed by atoms with Crippen LogP contribution < -0.4 is 4.74 Å². The largest absolute Gasteiger partial charge is 0.504 e. The third-order valence-electron chi connectivity index (χ3n) is 2.83. The summed E-state index contributed by atoms with van der Waals surface area (Å²) in [5, 5.41) is 14.0. The molecule has 0 unspecified atom stereocenters. The summed E-state index contributed by atoms with van der Waals surface area (Å²) in [6, 6.07) is 8.65. The highest BCUT2D eigenvalue weighted by molar-refractivity contribution is 9.10. The highest BCUT2D eigenvalue weighted by Crippen LogP contribution is 2.36. The van der Waals surface area contributed by atoms with Crippen LogP contribution in [0.5, 0.6) is 11.5 Å². The Morgan fingerprint density at radius 2 is 2.10 bits per heavy atom. The van der Waals surface area contributed by atoms with Gasteiger partial charge in [0.2, 0.25) is 5.82 Å². The smallest absolute Gasteiger partial charge is 0.262 e. The molecule has 21 heavy (non-hydrogen) atoms. The normalized spacial score (nSPS) is 10.6. The summed E-state index contributed by atoms with van der Waals surface area (Å²) in [6.07, 6.45) is 1.65. The van der Waals surface area contributed by atoms with Crippen molar-refractivity contribution in [3.63, 3.8) is 0 Å². The number of nitrogens with zero attached hydrogens (tertiary/aromatic N) is 3. The third-order valence-corrected chi connectivity index (χ3v) is 3.30. The minimum Gasteiger partial charge on any atom is -0.504 e. The molecule has 0 aliphatic rings. The Balaban J connectivity index is 2.00. The summed E-state index contributed by atoms with van der Waals surface area (Å²) in [5.41, 5.74) is 0.987. The van der Waals surface area contributed by atoms with Crippen LogP contribution in [0, 0.1) is 0 Å². The molecule has 2 heterocycles. The van der Waals surface area contributed by atoms with Gasteiger partial charge >= 0.3 is 0 Å². The fraction of sp³-hybridized carbons (Fsp3) is 0.0714. The second-order valence-corrected chi connectivity index (χ2v) is 5.06. The number of pyridine rings is 1. The van der Waals surface area contributed by atoms with E-state index >= 15 is 0 Å². The van der Waals surface area contributed by atoms with Crippen molar-refractivity contribution in [1.29, 1.82) is 0 Å². The molecule has 0 saturated heterocycles. The van der Waals surface area contributed by atoms with Gasteiger partial charge in [-0.15, -0.1) is 0 Å². The van der Waals surface area contributed by atoms with Crippen LogP contribution in [-0.2, 0) is 0 Å². The van der Waals surface area contributed by atoms with Gasteiger partial charge in [0.25, 0.3) is 5.89 Å². The fourth-order valence-corrected chi connectivity index (χ4v) is 2.04. The second-order valence-electron chi connectivity index (χ2n) is 4.14. The number of rotatable bonds is 3. The molecular weight excluding hydrogens is 338 g/mol. The van der Waals surface area contributed by atoms with Crippen molar-refractivity contribution in [3.8, 4) is 34.5 Å². The summed E-state index contributed by atoms with van der Waals surface area (Å²) in [6.45, 7) is 0. The first-order valence-corrected chi connectivity index (χ1v) is 6.80. The maximum absolute atomic E-state index is 10.1. The summed E-state index contributed by atoms with van der Waals surface area (Å²) < 4.78 is 11.1. The number of methoxy groups -OCH3 is 1. The van der Waals surface area contributed by atoms with E-state index in [2.05, 4.69) is 31.1 Å². The molecule has 0 atom stereocenters. The predicted molar refractivity (Wildman–Crippen MR) is 78.9 cm³/mol. The van der Waals surface area contributed by atoms with Crippen LogP contribution in [0.25, 0.3) is 23.0 Å². The van der Waals surface area contributed by atoms with Crippen LogP contribution in [0.2, 0.25) is 0 Å². The zero-order valence-corrected chi connectivity index (χ0v) is 12.5. The van der Waals surface area contributed by atoms with E-state index < -0.39 is 0 Å². The third kappa shape index (κ3) is 2.59. The van der Waals surface area contributed by atoms with Gasteiger partial charge < -0.3 is 14.4 Å². The molecule has 0 saturated carbocycles. The Labute approximate surface area is 128 Å². The molecule has 3 rings (SSSR count). The van der Waals surface area contributed by atoms with Gasteiger partial charge in [-0.1, -0.05) is 11.2 Å². The van der Waals surface area contributed by atoms with Gasteiger partial charge in [-0.3, -0.25) is 4.98 Å². The first-order chi connectivity index (χ1) is 10.2. The van der Waals surface area contributed by atoms with Crippen molar-refractivity contribution in [2.24, 2.45) is 0 Å². The van der Waals surface area contributed by atoms with Crippen LogP contribution in [0.4, 0.5) is 0 Å². The second kappa shape index (κ2) is 5.53. The lowest BCUT2D eigenvalue weighted by atomic mass is 10.2. The standard InChI is InChI=1S/C14H10BrN3O3/c1-20-11-4-2-3-9(12(11)19)14-17-13(18-21-14)10-6-5-8(15)7-16-10/h2-7,19H,1H3. The fourth-order valence-electron chi connectivity index (χ4n) is 1.80. The van der Waals surface area contributed by atoms with Crippen molar-refractivity contribution in [2.45, 2.75) is 0 Å². The predicted octanol–water partition coefficient (Wildman–Crippen LogP) is 3.28. The molecule has 3 aromatic rings. The number of hydrogen-bond acceptors (Lipinski definition) is 6. The lowest BCUT2D eigenvalue weighted by Gasteiger charge is -2.04. The highest BCUT2D eigenvalue weighted by Gasteiger charge is 2.17. The molecule has 106 valence electrons. The van der Waals surface area contributed by atoms with E-state index in [4.69, 9.17) is 9.26 Å². The molecule has 0 spiro atoms. The van der Waals surface area contributed by atoms with E-state index in [1.807, 2.05) is 6.07 Å².